The van der Waals surface area contributed by atoms with Crippen molar-refractivity contribution in [3.8, 4) is 0 Å². The highest BCUT2D eigenvalue weighted by molar-refractivity contribution is 5.04. The molecule has 4 nitrogen and oxygen atoms in total. The van der Waals surface area contributed by atoms with E-state index in [1.165, 1.54) is 10.9 Å². The Morgan fingerprint density at radius 2 is 2.06 bits per heavy atom. The first-order chi connectivity index (χ1) is 8.00. The molecule has 17 heavy (non-hydrogen) atoms. The van der Waals surface area contributed by atoms with Crippen LogP contribution in [0.4, 0.5) is 13.2 Å². The highest BCUT2D eigenvalue weighted by Crippen LogP contribution is 2.27. The van der Waals surface area contributed by atoms with E-state index >= 15 is 0 Å². The third-order valence-corrected chi connectivity index (χ3v) is 2.38. The molecule has 2 aromatic rings. The average molecular weight is 244 g/mol. The van der Waals surface area contributed by atoms with E-state index in [2.05, 4.69) is 10.1 Å². The summed E-state index contributed by atoms with van der Waals surface area (Å²) in [6, 6.07) is 0.958. The van der Waals surface area contributed by atoms with Crippen molar-refractivity contribution in [3.05, 3.63) is 36.2 Å². The first-order valence-corrected chi connectivity index (χ1v) is 5.11. The summed E-state index contributed by atoms with van der Waals surface area (Å²) >= 11 is 0. The highest BCUT2D eigenvalue weighted by Gasteiger charge is 2.33. The van der Waals surface area contributed by atoms with Gasteiger partial charge in [-0.3, -0.25) is 4.68 Å². The Kier molecular flexibility index (Phi) is 2.91. The monoisotopic (exact) mass is 244 g/mol. The predicted octanol–water partition coefficient (Wildman–Crippen LogP) is 2.17. The van der Waals surface area contributed by atoms with Crippen LogP contribution in [-0.2, 0) is 19.3 Å². The van der Waals surface area contributed by atoms with Gasteiger partial charge in [0.2, 0.25) is 0 Å². The van der Waals surface area contributed by atoms with Gasteiger partial charge < -0.3 is 4.57 Å². The van der Waals surface area contributed by atoms with E-state index in [1.54, 1.807) is 12.4 Å². The topological polar surface area (TPSA) is 35.6 Å². The molecule has 0 amide bonds. The quantitative estimate of drug-likeness (QED) is 0.829. The molecule has 0 saturated heterocycles. The molecule has 0 atom stereocenters. The van der Waals surface area contributed by atoms with Crippen LogP contribution in [0.2, 0.25) is 0 Å². The molecule has 0 unspecified atom stereocenters. The van der Waals surface area contributed by atoms with E-state index in [9.17, 15) is 13.2 Å². The molecule has 0 N–H and O–H groups in total. The zero-order valence-corrected chi connectivity index (χ0v) is 9.15. The number of alkyl halides is 3. The number of hydrogen-bond donors (Lipinski definition) is 0. The number of imidazole rings is 1. The maximum absolute atomic E-state index is 12.3. The first-order valence-electron chi connectivity index (χ1n) is 5.11. The van der Waals surface area contributed by atoms with Gasteiger partial charge in [0.1, 0.15) is 5.82 Å². The number of halogens is 3. The second-order valence-corrected chi connectivity index (χ2v) is 3.53. The van der Waals surface area contributed by atoms with E-state index in [4.69, 9.17) is 0 Å². The van der Waals surface area contributed by atoms with Crippen molar-refractivity contribution < 1.29 is 13.2 Å². The smallest absolute Gasteiger partial charge is 0.334 e. The maximum atomic E-state index is 12.3. The van der Waals surface area contributed by atoms with Gasteiger partial charge in [-0.25, -0.2) is 4.98 Å². The minimum atomic E-state index is -4.40. The molecule has 0 aliphatic carbocycles. The third-order valence-electron chi connectivity index (χ3n) is 2.38. The fourth-order valence-electron chi connectivity index (χ4n) is 1.53. The number of rotatable bonds is 3. The van der Waals surface area contributed by atoms with Crippen LogP contribution in [0.15, 0.2) is 24.7 Å². The first kappa shape index (κ1) is 11.7. The lowest BCUT2D eigenvalue weighted by molar-refractivity contribution is -0.141. The van der Waals surface area contributed by atoms with Crippen molar-refractivity contribution in [1.82, 2.24) is 19.3 Å². The van der Waals surface area contributed by atoms with E-state index in [0.29, 0.717) is 5.82 Å². The lowest BCUT2D eigenvalue weighted by atomic mass is 10.4. The van der Waals surface area contributed by atoms with Gasteiger partial charge in [-0.15, -0.1) is 0 Å². The van der Waals surface area contributed by atoms with E-state index in [0.717, 1.165) is 12.6 Å². The molecule has 0 bridgehead atoms. The lowest BCUT2D eigenvalue weighted by Crippen LogP contribution is -2.11. The zero-order chi connectivity index (χ0) is 12.5. The molecule has 0 aliphatic heterocycles. The van der Waals surface area contributed by atoms with Crippen molar-refractivity contribution >= 4 is 0 Å². The molecular formula is C10H11F3N4. The number of hydrogen-bond acceptors (Lipinski definition) is 2. The lowest BCUT2D eigenvalue weighted by Gasteiger charge is -2.05. The van der Waals surface area contributed by atoms with Crippen LogP contribution in [0.5, 0.6) is 0 Å². The van der Waals surface area contributed by atoms with Crippen LogP contribution in [0.3, 0.4) is 0 Å². The summed E-state index contributed by atoms with van der Waals surface area (Å²) in [7, 11) is 0. The van der Waals surface area contributed by atoms with E-state index in [-0.39, 0.29) is 6.54 Å². The fraction of sp³-hybridized carbons (Fsp3) is 0.400. The van der Waals surface area contributed by atoms with E-state index < -0.39 is 11.9 Å². The van der Waals surface area contributed by atoms with Crippen molar-refractivity contribution in [2.45, 2.75) is 26.2 Å². The normalized spacial score (nSPS) is 12.0. The van der Waals surface area contributed by atoms with Crippen LogP contribution < -0.4 is 0 Å². The summed E-state index contributed by atoms with van der Waals surface area (Å²) in [5.74, 6) is 0.685. The minimum absolute atomic E-state index is 0.233. The molecular weight excluding hydrogens is 233 g/mol. The Labute approximate surface area is 95.7 Å². The Balaban J connectivity index is 2.17. The Hall–Kier alpha value is -1.79. The Morgan fingerprint density at radius 1 is 1.29 bits per heavy atom. The fourth-order valence-corrected chi connectivity index (χ4v) is 1.53. The third kappa shape index (κ3) is 2.48. The van der Waals surface area contributed by atoms with Gasteiger partial charge >= 0.3 is 6.18 Å². The SMILES string of the molecule is CCn1ccnc1Cn1ccc(C(F)(F)F)n1. The summed E-state index contributed by atoms with van der Waals surface area (Å²) in [6.07, 6.45) is 0.305. The van der Waals surface area contributed by atoms with Gasteiger partial charge in [0.25, 0.3) is 0 Å². The molecule has 0 aromatic carbocycles. The number of aromatic nitrogens is 4. The molecule has 7 heteroatoms. The molecule has 0 radical (unpaired) electrons. The summed E-state index contributed by atoms with van der Waals surface area (Å²) in [5.41, 5.74) is -0.882. The summed E-state index contributed by atoms with van der Waals surface area (Å²) < 4.78 is 40.1. The molecule has 92 valence electrons. The molecule has 2 rings (SSSR count). The van der Waals surface area contributed by atoms with E-state index in [1.807, 2.05) is 11.5 Å². The summed E-state index contributed by atoms with van der Waals surface area (Å²) in [6.45, 7) is 2.90. The van der Waals surface area contributed by atoms with Crippen molar-refractivity contribution in [2.24, 2.45) is 0 Å². The molecule has 0 saturated carbocycles. The minimum Gasteiger partial charge on any atom is -0.334 e. The predicted molar refractivity (Wildman–Crippen MR) is 54.2 cm³/mol. The van der Waals surface area contributed by atoms with Gasteiger partial charge in [0.15, 0.2) is 5.69 Å². The van der Waals surface area contributed by atoms with Crippen LogP contribution in [-0.4, -0.2) is 19.3 Å². The molecule has 2 aromatic heterocycles. The number of aryl methyl sites for hydroxylation is 1. The highest BCUT2D eigenvalue weighted by atomic mass is 19.4. The second-order valence-electron chi connectivity index (χ2n) is 3.53. The average Bonchev–Trinajstić information content (AvgIpc) is 2.86. The van der Waals surface area contributed by atoms with Gasteiger partial charge in [0, 0.05) is 25.1 Å². The molecule has 0 spiro atoms. The van der Waals surface area contributed by atoms with Crippen molar-refractivity contribution in [1.29, 1.82) is 0 Å². The van der Waals surface area contributed by atoms with Gasteiger partial charge in [-0.2, -0.15) is 18.3 Å². The van der Waals surface area contributed by atoms with Gasteiger partial charge in [-0.1, -0.05) is 0 Å². The zero-order valence-electron chi connectivity index (χ0n) is 9.15. The summed E-state index contributed by atoms with van der Waals surface area (Å²) in [5, 5.41) is 3.47. The van der Waals surface area contributed by atoms with Crippen molar-refractivity contribution in [3.63, 3.8) is 0 Å². The molecule has 0 aliphatic rings. The maximum Gasteiger partial charge on any atom is 0.435 e. The van der Waals surface area contributed by atoms with Crippen LogP contribution in [0.25, 0.3) is 0 Å². The van der Waals surface area contributed by atoms with Gasteiger partial charge in [-0.05, 0) is 13.0 Å². The van der Waals surface area contributed by atoms with Crippen LogP contribution in [0.1, 0.15) is 18.4 Å². The second kappa shape index (κ2) is 4.23. The largest absolute Gasteiger partial charge is 0.435 e. The summed E-state index contributed by atoms with van der Waals surface area (Å²) in [4.78, 5) is 4.07. The molecule has 0 fully saturated rings. The van der Waals surface area contributed by atoms with Gasteiger partial charge in [0.05, 0.1) is 6.54 Å². The Morgan fingerprint density at radius 3 is 2.65 bits per heavy atom. The molecule has 2 heterocycles. The van der Waals surface area contributed by atoms with Crippen LogP contribution >= 0.6 is 0 Å². The number of nitrogens with zero attached hydrogens (tertiary/aromatic N) is 4. The Bertz CT molecular complexity index is 498. The standard InChI is InChI=1S/C10H11F3N4/c1-2-16-6-4-14-9(16)7-17-5-3-8(15-17)10(11,12)13/h3-6H,2,7H2,1H3. The van der Waals surface area contributed by atoms with Crippen molar-refractivity contribution in [2.75, 3.05) is 0 Å². The van der Waals surface area contributed by atoms with Crippen LogP contribution in [0, 0.1) is 0 Å².